The Balaban J connectivity index is 1.75. The number of benzene rings is 1. The van der Waals surface area contributed by atoms with E-state index in [1.54, 1.807) is 11.6 Å². The number of carbonyl (C=O) groups is 1. The molecule has 0 aliphatic heterocycles. The molecule has 9 heteroatoms. The van der Waals surface area contributed by atoms with Crippen molar-refractivity contribution in [3.8, 4) is 0 Å². The van der Waals surface area contributed by atoms with Gasteiger partial charge < -0.3 is 9.72 Å². The second-order valence-corrected chi connectivity index (χ2v) is 10.3. The zero-order chi connectivity index (χ0) is 25.8. The number of carbonyl (C=O) groups excluding carboxylic acids is 1. The number of rotatable bonds is 9. The average Bonchev–Trinajstić information content (AvgIpc) is 3.28. The Morgan fingerprint density at radius 3 is 2.58 bits per heavy atom. The van der Waals surface area contributed by atoms with Gasteiger partial charge in [0, 0.05) is 23.7 Å². The van der Waals surface area contributed by atoms with Gasteiger partial charge in [-0.25, -0.2) is 4.68 Å². The quantitative estimate of drug-likeness (QED) is 0.444. The number of pyridine rings is 1. The van der Waals surface area contributed by atoms with E-state index in [4.69, 9.17) is 4.74 Å². The van der Waals surface area contributed by atoms with Gasteiger partial charge in [0.25, 0.3) is 5.56 Å². The summed E-state index contributed by atoms with van der Waals surface area (Å²) < 4.78 is 6.69. The molecule has 0 amide bonds. The fourth-order valence-electron chi connectivity index (χ4n) is 5.40. The summed E-state index contributed by atoms with van der Waals surface area (Å²) in [5.41, 5.74) is 3.87. The summed E-state index contributed by atoms with van der Waals surface area (Å²) >= 11 is 0. The summed E-state index contributed by atoms with van der Waals surface area (Å²) in [4.78, 5) is 31.0. The second kappa shape index (κ2) is 11.3. The monoisotopic (exact) mass is 494 g/mol. The van der Waals surface area contributed by atoms with Crippen molar-refractivity contribution in [3.05, 3.63) is 51.1 Å². The van der Waals surface area contributed by atoms with Gasteiger partial charge in [-0.2, -0.15) is 0 Å². The third-order valence-corrected chi connectivity index (χ3v) is 7.33. The molecule has 3 aromatic rings. The molecule has 0 spiro atoms. The molecule has 9 nitrogen and oxygen atoms in total. The summed E-state index contributed by atoms with van der Waals surface area (Å²) in [5, 5.41) is 13.4. The fourth-order valence-corrected chi connectivity index (χ4v) is 5.40. The van der Waals surface area contributed by atoms with Crippen molar-refractivity contribution < 1.29 is 9.53 Å². The van der Waals surface area contributed by atoms with Crippen LogP contribution in [0.15, 0.2) is 23.0 Å². The minimum Gasteiger partial charge on any atom is -0.465 e. The average molecular weight is 495 g/mol. The third-order valence-electron chi connectivity index (χ3n) is 7.33. The van der Waals surface area contributed by atoms with Crippen molar-refractivity contribution in [2.45, 2.75) is 91.9 Å². The molecular weight excluding hydrogens is 456 g/mol. The summed E-state index contributed by atoms with van der Waals surface area (Å²) in [5.74, 6) is 0.421. The van der Waals surface area contributed by atoms with Crippen LogP contribution in [-0.2, 0) is 22.6 Å². The van der Waals surface area contributed by atoms with E-state index in [1.165, 1.54) is 12.0 Å². The van der Waals surface area contributed by atoms with E-state index >= 15 is 0 Å². The van der Waals surface area contributed by atoms with Crippen molar-refractivity contribution in [3.63, 3.8) is 0 Å². The van der Waals surface area contributed by atoms with Gasteiger partial charge in [-0.3, -0.25) is 14.5 Å². The molecule has 0 unspecified atom stereocenters. The lowest BCUT2D eigenvalue weighted by Crippen LogP contribution is -2.43. The minimum absolute atomic E-state index is 0.0346. The second-order valence-electron chi connectivity index (χ2n) is 10.3. The Labute approximate surface area is 212 Å². The number of nitrogens with zero attached hydrogens (tertiary/aromatic N) is 5. The Kier molecular flexibility index (Phi) is 8.18. The third kappa shape index (κ3) is 5.67. The van der Waals surface area contributed by atoms with Gasteiger partial charge in [0.2, 0.25) is 0 Å². The number of esters is 1. The topological polar surface area (TPSA) is 106 Å². The maximum atomic E-state index is 13.2. The number of nitrogens with one attached hydrogen (secondary N) is 1. The highest BCUT2D eigenvalue weighted by molar-refractivity contribution is 5.80. The van der Waals surface area contributed by atoms with Crippen LogP contribution in [0.25, 0.3) is 10.9 Å². The van der Waals surface area contributed by atoms with Crippen LogP contribution in [0.5, 0.6) is 0 Å². The molecule has 194 valence electrons. The van der Waals surface area contributed by atoms with Gasteiger partial charge in [-0.05, 0) is 84.7 Å². The zero-order valence-electron chi connectivity index (χ0n) is 22.1. The Bertz CT molecular complexity index is 1260. The first-order chi connectivity index (χ1) is 17.3. The van der Waals surface area contributed by atoms with Gasteiger partial charge in [0.1, 0.15) is 6.54 Å². The maximum Gasteiger partial charge on any atom is 0.327 e. The number of aromatic nitrogens is 5. The highest BCUT2D eigenvalue weighted by atomic mass is 16.5. The number of H-pyrrole nitrogens is 1. The Hall–Kier alpha value is -3.07. The maximum absolute atomic E-state index is 13.2. The predicted molar refractivity (Wildman–Crippen MR) is 138 cm³/mol. The predicted octanol–water partition coefficient (Wildman–Crippen LogP) is 4.23. The number of fused-ring (bicyclic) bond motifs is 1. The van der Waals surface area contributed by atoms with Crippen molar-refractivity contribution in [1.29, 1.82) is 0 Å². The first kappa shape index (κ1) is 26.0. The number of aromatic amines is 1. The summed E-state index contributed by atoms with van der Waals surface area (Å²) in [6.45, 7) is 11.0. The molecule has 1 saturated carbocycles. The molecule has 1 aliphatic carbocycles. The number of hydrogen-bond acceptors (Lipinski definition) is 7. The molecule has 0 radical (unpaired) electrons. The molecular formula is C27H38N6O3. The normalized spacial score (nSPS) is 15.6. The lowest BCUT2D eigenvalue weighted by Gasteiger charge is -2.41. The summed E-state index contributed by atoms with van der Waals surface area (Å²) in [6, 6.07) is 6.33. The first-order valence-electron chi connectivity index (χ1n) is 13.1. The van der Waals surface area contributed by atoms with Crippen molar-refractivity contribution in [2.24, 2.45) is 5.92 Å². The highest BCUT2D eigenvalue weighted by Gasteiger charge is 2.35. The Morgan fingerprint density at radius 1 is 1.17 bits per heavy atom. The largest absolute Gasteiger partial charge is 0.465 e. The van der Waals surface area contributed by atoms with Crippen LogP contribution in [0.3, 0.4) is 0 Å². The molecule has 1 fully saturated rings. The van der Waals surface area contributed by atoms with Gasteiger partial charge in [0.05, 0.1) is 12.6 Å². The molecule has 2 heterocycles. The standard InChI is InChI=1S/C27H38N6O3/c1-6-36-24(34)16-33-26(29-30-31-33)25(17(2)3)32(22-10-8-7-9-11-22)15-21-14-20-12-18(4)19(5)13-23(20)28-27(21)35/h12-14,17,22,25H,6-11,15-16H2,1-5H3,(H,28,35)/t25-/m0/s1. The summed E-state index contributed by atoms with van der Waals surface area (Å²) in [6.07, 6.45) is 5.67. The molecule has 36 heavy (non-hydrogen) atoms. The number of tetrazole rings is 1. The van der Waals surface area contributed by atoms with Crippen LogP contribution in [0, 0.1) is 19.8 Å². The number of hydrogen-bond donors (Lipinski definition) is 1. The molecule has 1 atom stereocenters. The Morgan fingerprint density at radius 2 is 1.89 bits per heavy atom. The molecule has 1 aliphatic rings. The van der Waals surface area contributed by atoms with E-state index in [1.807, 2.05) is 12.1 Å². The first-order valence-corrected chi connectivity index (χ1v) is 13.1. The van der Waals surface area contributed by atoms with Gasteiger partial charge in [-0.1, -0.05) is 33.1 Å². The van der Waals surface area contributed by atoms with E-state index in [2.05, 4.69) is 59.2 Å². The van der Waals surface area contributed by atoms with Crippen LogP contribution in [0.4, 0.5) is 0 Å². The van der Waals surface area contributed by atoms with E-state index < -0.39 is 0 Å². The molecule has 0 saturated heterocycles. The highest BCUT2D eigenvalue weighted by Crippen LogP contribution is 2.35. The van der Waals surface area contributed by atoms with Crippen molar-refractivity contribution >= 4 is 16.9 Å². The van der Waals surface area contributed by atoms with Gasteiger partial charge in [-0.15, -0.1) is 5.10 Å². The lowest BCUT2D eigenvalue weighted by molar-refractivity contribution is -0.144. The van der Waals surface area contributed by atoms with Crippen LogP contribution >= 0.6 is 0 Å². The molecule has 4 rings (SSSR count). The van der Waals surface area contributed by atoms with E-state index in [9.17, 15) is 9.59 Å². The van der Waals surface area contributed by atoms with Crippen LogP contribution < -0.4 is 5.56 Å². The fraction of sp³-hybridized carbons (Fsp3) is 0.593. The molecule has 1 N–H and O–H groups in total. The summed E-state index contributed by atoms with van der Waals surface area (Å²) in [7, 11) is 0. The molecule has 0 bridgehead atoms. The number of aryl methyl sites for hydroxylation is 2. The van der Waals surface area contributed by atoms with E-state index in [0.717, 1.165) is 47.7 Å². The number of ether oxygens (including phenoxy) is 1. The molecule has 1 aromatic carbocycles. The van der Waals surface area contributed by atoms with Crippen LogP contribution in [0.1, 0.15) is 81.4 Å². The zero-order valence-corrected chi connectivity index (χ0v) is 22.1. The minimum atomic E-state index is -0.366. The van der Waals surface area contributed by atoms with Gasteiger partial charge >= 0.3 is 5.97 Å². The smallest absolute Gasteiger partial charge is 0.327 e. The molecule has 2 aromatic heterocycles. The SMILES string of the molecule is CCOC(=O)Cn1nnnc1[C@H](C(C)C)N(Cc1cc2cc(C)c(C)cc2[nH]c1=O)C1CCCCC1. The van der Waals surface area contributed by atoms with Crippen LogP contribution in [-0.4, -0.2) is 48.7 Å². The lowest BCUT2D eigenvalue weighted by atomic mass is 9.90. The van der Waals surface area contributed by atoms with Crippen LogP contribution in [0.2, 0.25) is 0 Å². The van der Waals surface area contributed by atoms with Crippen molar-refractivity contribution in [2.75, 3.05) is 6.61 Å². The van der Waals surface area contributed by atoms with E-state index in [-0.39, 0.29) is 30.0 Å². The van der Waals surface area contributed by atoms with Gasteiger partial charge in [0.15, 0.2) is 5.82 Å². The van der Waals surface area contributed by atoms with E-state index in [0.29, 0.717) is 25.0 Å². The van der Waals surface area contributed by atoms with Crippen molar-refractivity contribution in [1.82, 2.24) is 30.1 Å².